The van der Waals surface area contributed by atoms with E-state index in [4.69, 9.17) is 0 Å². The van der Waals surface area contributed by atoms with Crippen LogP contribution in [0.2, 0.25) is 0 Å². The van der Waals surface area contributed by atoms with E-state index in [0.717, 1.165) is 5.56 Å². The first kappa shape index (κ1) is 12.4. The van der Waals surface area contributed by atoms with Crippen molar-refractivity contribution in [2.45, 2.75) is 6.54 Å². The zero-order valence-corrected chi connectivity index (χ0v) is 11.1. The third kappa shape index (κ3) is 1.86. The molecular weight excluding hydrogens is 252 g/mol. The van der Waals surface area contributed by atoms with Gasteiger partial charge in [-0.15, -0.1) is 0 Å². The van der Waals surface area contributed by atoms with Crippen LogP contribution in [0.25, 0.3) is 0 Å². The van der Waals surface area contributed by atoms with Crippen molar-refractivity contribution in [3.05, 3.63) is 65.2 Å². The quantitative estimate of drug-likeness (QED) is 0.868. The van der Waals surface area contributed by atoms with Gasteiger partial charge in [0.1, 0.15) is 0 Å². The lowest BCUT2D eigenvalue weighted by Crippen LogP contribution is -2.29. The normalized spacial score (nSPS) is 13.6. The third-order valence-corrected chi connectivity index (χ3v) is 3.45. The van der Waals surface area contributed by atoms with Gasteiger partial charge in [0.15, 0.2) is 0 Å². The Balaban J connectivity index is 1.98. The number of hydrogen-bond acceptors (Lipinski definition) is 3. The van der Waals surface area contributed by atoms with E-state index in [0.29, 0.717) is 23.4 Å². The van der Waals surface area contributed by atoms with Crippen molar-refractivity contribution in [1.29, 1.82) is 0 Å². The number of anilines is 1. The number of carbonyl (C=O) groups is 2. The molecule has 2 aromatic rings. The Morgan fingerprint density at radius 2 is 1.70 bits per heavy atom. The molecule has 1 N–H and O–H groups in total. The van der Waals surface area contributed by atoms with Gasteiger partial charge in [-0.2, -0.15) is 0 Å². The molecule has 3 rings (SSSR count). The van der Waals surface area contributed by atoms with Crippen molar-refractivity contribution >= 4 is 17.5 Å². The summed E-state index contributed by atoms with van der Waals surface area (Å²) in [5.74, 6) is -0.468. The fourth-order valence-electron chi connectivity index (χ4n) is 2.45. The van der Waals surface area contributed by atoms with E-state index >= 15 is 0 Å². The van der Waals surface area contributed by atoms with Crippen LogP contribution in [0, 0.1) is 0 Å². The number of carbonyl (C=O) groups excluding carboxylic acids is 2. The van der Waals surface area contributed by atoms with Gasteiger partial charge >= 0.3 is 0 Å². The SMILES string of the molecule is CNc1cccc2c1C(=O)N(Cc1ccccc1)C2=O. The fourth-order valence-corrected chi connectivity index (χ4v) is 2.45. The van der Waals surface area contributed by atoms with Crippen LogP contribution in [0.15, 0.2) is 48.5 Å². The molecule has 1 aliphatic heterocycles. The largest absolute Gasteiger partial charge is 0.387 e. The van der Waals surface area contributed by atoms with Crippen molar-refractivity contribution in [1.82, 2.24) is 4.90 Å². The maximum Gasteiger partial charge on any atom is 0.263 e. The van der Waals surface area contributed by atoms with E-state index in [2.05, 4.69) is 5.32 Å². The Labute approximate surface area is 117 Å². The molecule has 4 nitrogen and oxygen atoms in total. The molecule has 0 saturated carbocycles. The molecule has 0 aliphatic carbocycles. The van der Waals surface area contributed by atoms with Gasteiger partial charge in [0, 0.05) is 12.7 Å². The molecule has 2 aromatic carbocycles. The first-order valence-electron chi connectivity index (χ1n) is 6.43. The number of amides is 2. The minimum Gasteiger partial charge on any atom is -0.387 e. The highest BCUT2D eigenvalue weighted by atomic mass is 16.2. The molecule has 1 heterocycles. The average molecular weight is 266 g/mol. The van der Waals surface area contributed by atoms with E-state index in [1.54, 1.807) is 25.2 Å². The molecule has 0 aromatic heterocycles. The van der Waals surface area contributed by atoms with Gasteiger partial charge in [0.05, 0.1) is 17.7 Å². The van der Waals surface area contributed by atoms with Crippen LogP contribution in [0.1, 0.15) is 26.3 Å². The number of imide groups is 1. The molecular formula is C16H14N2O2. The minimum atomic E-state index is -0.237. The number of hydrogen-bond donors (Lipinski definition) is 1. The van der Waals surface area contributed by atoms with Gasteiger partial charge in [-0.3, -0.25) is 14.5 Å². The molecule has 0 radical (unpaired) electrons. The lowest BCUT2D eigenvalue weighted by Gasteiger charge is -2.13. The van der Waals surface area contributed by atoms with Crippen LogP contribution in [-0.2, 0) is 6.54 Å². The van der Waals surface area contributed by atoms with E-state index in [1.165, 1.54) is 4.90 Å². The van der Waals surface area contributed by atoms with Crippen molar-refractivity contribution in [3.8, 4) is 0 Å². The van der Waals surface area contributed by atoms with Crippen LogP contribution in [0.5, 0.6) is 0 Å². The lowest BCUT2D eigenvalue weighted by atomic mass is 10.1. The topological polar surface area (TPSA) is 49.4 Å². The summed E-state index contributed by atoms with van der Waals surface area (Å²) >= 11 is 0. The Hall–Kier alpha value is -2.62. The Kier molecular flexibility index (Phi) is 2.99. The summed E-state index contributed by atoms with van der Waals surface area (Å²) in [5, 5.41) is 2.96. The summed E-state index contributed by atoms with van der Waals surface area (Å²) in [7, 11) is 1.74. The molecule has 4 heteroatoms. The fraction of sp³-hybridized carbons (Fsp3) is 0.125. The molecule has 0 bridgehead atoms. The standard InChI is InChI=1S/C16H14N2O2/c1-17-13-9-5-8-12-14(13)16(20)18(15(12)19)10-11-6-3-2-4-7-11/h2-9,17H,10H2,1H3. The number of rotatable bonds is 3. The predicted octanol–water partition coefficient (Wildman–Crippen LogP) is 2.52. The van der Waals surface area contributed by atoms with Crippen LogP contribution in [0.4, 0.5) is 5.69 Å². The summed E-state index contributed by atoms with van der Waals surface area (Å²) in [6.45, 7) is 0.302. The summed E-state index contributed by atoms with van der Waals surface area (Å²) in [5.41, 5.74) is 2.57. The highest BCUT2D eigenvalue weighted by Crippen LogP contribution is 2.30. The highest BCUT2D eigenvalue weighted by molar-refractivity contribution is 6.23. The predicted molar refractivity (Wildman–Crippen MR) is 76.6 cm³/mol. The van der Waals surface area contributed by atoms with E-state index in [-0.39, 0.29) is 11.8 Å². The first-order valence-corrected chi connectivity index (χ1v) is 6.43. The lowest BCUT2D eigenvalue weighted by molar-refractivity contribution is 0.0642. The first-order chi connectivity index (χ1) is 9.72. The zero-order chi connectivity index (χ0) is 14.1. The molecule has 100 valence electrons. The Morgan fingerprint density at radius 1 is 0.950 bits per heavy atom. The van der Waals surface area contributed by atoms with E-state index in [9.17, 15) is 9.59 Å². The Morgan fingerprint density at radius 3 is 2.40 bits per heavy atom. The van der Waals surface area contributed by atoms with Crippen LogP contribution in [0.3, 0.4) is 0 Å². The number of benzene rings is 2. The minimum absolute atomic E-state index is 0.231. The summed E-state index contributed by atoms with van der Waals surface area (Å²) in [6.07, 6.45) is 0. The zero-order valence-electron chi connectivity index (χ0n) is 11.1. The van der Waals surface area contributed by atoms with Gasteiger partial charge in [0.2, 0.25) is 0 Å². The second kappa shape index (κ2) is 4.81. The van der Waals surface area contributed by atoms with Crippen molar-refractivity contribution < 1.29 is 9.59 Å². The number of fused-ring (bicyclic) bond motifs is 1. The molecule has 0 fully saturated rings. The summed E-state index contributed by atoms with van der Waals surface area (Å²) < 4.78 is 0. The average Bonchev–Trinajstić information content (AvgIpc) is 2.73. The molecule has 0 spiro atoms. The van der Waals surface area contributed by atoms with Crippen molar-refractivity contribution in [2.75, 3.05) is 12.4 Å². The maximum atomic E-state index is 12.5. The molecule has 0 unspecified atom stereocenters. The maximum absolute atomic E-state index is 12.5. The van der Waals surface area contributed by atoms with Gasteiger partial charge < -0.3 is 5.32 Å². The molecule has 20 heavy (non-hydrogen) atoms. The van der Waals surface area contributed by atoms with Gasteiger partial charge in [-0.25, -0.2) is 0 Å². The number of nitrogens with one attached hydrogen (secondary N) is 1. The van der Waals surface area contributed by atoms with Gasteiger partial charge in [-0.1, -0.05) is 36.4 Å². The molecule has 1 aliphatic rings. The van der Waals surface area contributed by atoms with Crippen LogP contribution >= 0.6 is 0 Å². The second-order valence-corrected chi connectivity index (χ2v) is 4.66. The molecule has 2 amide bonds. The van der Waals surface area contributed by atoms with Crippen LogP contribution < -0.4 is 5.32 Å². The van der Waals surface area contributed by atoms with E-state index < -0.39 is 0 Å². The van der Waals surface area contributed by atoms with Gasteiger partial charge in [0.25, 0.3) is 11.8 Å². The molecule has 0 saturated heterocycles. The second-order valence-electron chi connectivity index (χ2n) is 4.66. The Bertz CT molecular complexity index is 680. The molecule has 0 atom stereocenters. The highest BCUT2D eigenvalue weighted by Gasteiger charge is 2.37. The smallest absolute Gasteiger partial charge is 0.263 e. The summed E-state index contributed by atoms with van der Waals surface area (Å²) in [4.78, 5) is 26.1. The van der Waals surface area contributed by atoms with Gasteiger partial charge in [-0.05, 0) is 17.7 Å². The number of nitrogens with zero attached hydrogens (tertiary/aromatic N) is 1. The van der Waals surface area contributed by atoms with Crippen molar-refractivity contribution in [2.24, 2.45) is 0 Å². The van der Waals surface area contributed by atoms with Crippen molar-refractivity contribution in [3.63, 3.8) is 0 Å². The monoisotopic (exact) mass is 266 g/mol. The van der Waals surface area contributed by atoms with E-state index in [1.807, 2.05) is 30.3 Å². The third-order valence-electron chi connectivity index (χ3n) is 3.45. The summed E-state index contributed by atoms with van der Waals surface area (Å²) in [6, 6.07) is 14.8. The van der Waals surface area contributed by atoms with Crippen LogP contribution in [-0.4, -0.2) is 23.8 Å².